The molecule has 0 saturated heterocycles. The lowest BCUT2D eigenvalue weighted by Gasteiger charge is -2.03. The van der Waals surface area contributed by atoms with Gasteiger partial charge in [0, 0.05) is 18.5 Å². The third-order valence-electron chi connectivity index (χ3n) is 3.27. The minimum Gasteiger partial charge on any atom is -0.493 e. The first-order valence-electron chi connectivity index (χ1n) is 7.22. The van der Waals surface area contributed by atoms with Gasteiger partial charge in [-0.1, -0.05) is 30.3 Å². The van der Waals surface area contributed by atoms with Gasteiger partial charge >= 0.3 is 0 Å². The number of para-hydroxylation sites is 1. The molecule has 3 N–H and O–H groups in total. The molecule has 1 heterocycles. The quantitative estimate of drug-likeness (QED) is 0.685. The van der Waals surface area contributed by atoms with Gasteiger partial charge in [0.15, 0.2) is 5.82 Å². The molecular formula is C17H18N4O. The summed E-state index contributed by atoms with van der Waals surface area (Å²) >= 11 is 0. The van der Waals surface area contributed by atoms with E-state index in [0.29, 0.717) is 19.4 Å². The smallest absolute Gasteiger partial charge is 0.154 e. The topological polar surface area (TPSA) is 76.8 Å². The van der Waals surface area contributed by atoms with Gasteiger partial charge < -0.3 is 10.5 Å². The highest BCUT2D eigenvalue weighted by atomic mass is 16.5. The van der Waals surface area contributed by atoms with Gasteiger partial charge in [0.05, 0.1) is 6.61 Å². The first-order chi connectivity index (χ1) is 10.8. The number of rotatable bonds is 6. The number of anilines is 1. The van der Waals surface area contributed by atoms with E-state index < -0.39 is 0 Å². The van der Waals surface area contributed by atoms with E-state index in [1.54, 1.807) is 0 Å². The van der Waals surface area contributed by atoms with Crippen molar-refractivity contribution in [2.24, 2.45) is 0 Å². The number of benzene rings is 2. The van der Waals surface area contributed by atoms with Crippen LogP contribution in [0.4, 0.5) is 5.69 Å². The number of ether oxygens (including phenoxy) is 1. The third kappa shape index (κ3) is 3.85. The Morgan fingerprint density at radius 3 is 2.55 bits per heavy atom. The van der Waals surface area contributed by atoms with E-state index in [9.17, 15) is 0 Å². The minimum atomic E-state index is 0.559. The van der Waals surface area contributed by atoms with Crippen LogP contribution in [-0.4, -0.2) is 21.8 Å². The zero-order valence-electron chi connectivity index (χ0n) is 12.2. The van der Waals surface area contributed by atoms with Crippen LogP contribution in [0.5, 0.6) is 5.75 Å². The Bertz CT molecular complexity index is 707. The molecule has 0 spiro atoms. The molecule has 0 radical (unpaired) electrons. The summed E-state index contributed by atoms with van der Waals surface area (Å²) in [6.45, 7) is 0.559. The van der Waals surface area contributed by atoms with Crippen LogP contribution in [0.3, 0.4) is 0 Å². The maximum Gasteiger partial charge on any atom is 0.154 e. The summed E-state index contributed by atoms with van der Waals surface area (Å²) in [6, 6.07) is 17.5. The summed E-state index contributed by atoms with van der Waals surface area (Å²) in [7, 11) is 0. The first-order valence-corrected chi connectivity index (χ1v) is 7.22. The normalized spacial score (nSPS) is 10.5. The minimum absolute atomic E-state index is 0.559. The predicted molar refractivity (Wildman–Crippen MR) is 85.7 cm³/mol. The zero-order valence-corrected chi connectivity index (χ0v) is 12.2. The number of H-pyrrole nitrogens is 1. The van der Waals surface area contributed by atoms with E-state index in [1.165, 1.54) is 0 Å². The maximum absolute atomic E-state index is 5.68. The van der Waals surface area contributed by atoms with E-state index in [0.717, 1.165) is 28.6 Å². The Morgan fingerprint density at radius 1 is 1.00 bits per heavy atom. The molecule has 0 unspecified atom stereocenters. The molecule has 0 atom stereocenters. The maximum atomic E-state index is 5.68. The fourth-order valence-electron chi connectivity index (χ4n) is 2.13. The van der Waals surface area contributed by atoms with E-state index in [2.05, 4.69) is 15.2 Å². The summed E-state index contributed by atoms with van der Waals surface area (Å²) < 4.78 is 5.64. The highest BCUT2D eigenvalue weighted by Crippen LogP contribution is 2.10. The van der Waals surface area contributed by atoms with Crippen molar-refractivity contribution in [2.75, 3.05) is 12.3 Å². The average Bonchev–Trinajstić information content (AvgIpc) is 2.98. The molecule has 3 aromatic rings. The zero-order chi connectivity index (χ0) is 15.2. The van der Waals surface area contributed by atoms with Crippen molar-refractivity contribution in [1.82, 2.24) is 15.2 Å². The molecule has 0 amide bonds. The molecule has 0 aliphatic carbocycles. The summed E-state index contributed by atoms with van der Waals surface area (Å²) in [5.74, 6) is 2.47. The van der Waals surface area contributed by atoms with Gasteiger partial charge in [-0.2, -0.15) is 5.10 Å². The second-order valence-electron chi connectivity index (χ2n) is 5.03. The number of nitrogens with zero attached hydrogens (tertiary/aromatic N) is 2. The molecular weight excluding hydrogens is 276 g/mol. The van der Waals surface area contributed by atoms with Gasteiger partial charge in [-0.05, 0) is 29.8 Å². The van der Waals surface area contributed by atoms with Crippen molar-refractivity contribution in [1.29, 1.82) is 0 Å². The Kier molecular flexibility index (Phi) is 4.34. The van der Waals surface area contributed by atoms with E-state index in [-0.39, 0.29) is 0 Å². The molecule has 0 fully saturated rings. The second kappa shape index (κ2) is 6.76. The van der Waals surface area contributed by atoms with Crippen LogP contribution in [0.1, 0.15) is 17.2 Å². The molecule has 5 heteroatoms. The highest BCUT2D eigenvalue weighted by Gasteiger charge is 2.05. The van der Waals surface area contributed by atoms with Crippen LogP contribution in [0.15, 0.2) is 54.6 Å². The number of hydrogen-bond acceptors (Lipinski definition) is 4. The van der Waals surface area contributed by atoms with Crippen molar-refractivity contribution >= 4 is 5.69 Å². The van der Waals surface area contributed by atoms with E-state index in [1.807, 2.05) is 54.6 Å². The number of nitrogens with two attached hydrogens (primary N) is 1. The Hall–Kier alpha value is -2.82. The molecule has 5 nitrogen and oxygen atoms in total. The lowest BCUT2D eigenvalue weighted by molar-refractivity contribution is 0.319. The molecule has 0 saturated carbocycles. The largest absolute Gasteiger partial charge is 0.493 e. The van der Waals surface area contributed by atoms with Gasteiger partial charge in [0.1, 0.15) is 11.6 Å². The molecule has 0 aliphatic rings. The Morgan fingerprint density at radius 2 is 1.77 bits per heavy atom. The van der Waals surface area contributed by atoms with Gasteiger partial charge in [-0.25, -0.2) is 4.98 Å². The van der Waals surface area contributed by atoms with Gasteiger partial charge in [0.25, 0.3) is 0 Å². The van der Waals surface area contributed by atoms with Crippen LogP contribution in [0.25, 0.3) is 0 Å². The summed E-state index contributed by atoms with van der Waals surface area (Å²) in [4.78, 5) is 4.48. The van der Waals surface area contributed by atoms with Crippen molar-refractivity contribution in [2.45, 2.75) is 12.8 Å². The predicted octanol–water partition coefficient (Wildman–Crippen LogP) is 2.60. The van der Waals surface area contributed by atoms with Crippen LogP contribution >= 0.6 is 0 Å². The molecule has 3 rings (SSSR count). The van der Waals surface area contributed by atoms with Crippen LogP contribution < -0.4 is 10.5 Å². The molecule has 0 aliphatic heterocycles. The number of nitrogen functional groups attached to an aromatic ring is 1. The van der Waals surface area contributed by atoms with Crippen molar-refractivity contribution in [3.63, 3.8) is 0 Å². The lowest BCUT2D eigenvalue weighted by Crippen LogP contribution is -2.02. The van der Waals surface area contributed by atoms with Crippen molar-refractivity contribution in [3.05, 3.63) is 71.8 Å². The molecule has 0 bridgehead atoms. The van der Waals surface area contributed by atoms with Crippen LogP contribution in [-0.2, 0) is 12.8 Å². The number of aromatic amines is 1. The van der Waals surface area contributed by atoms with Crippen molar-refractivity contribution in [3.8, 4) is 5.75 Å². The Balaban J connectivity index is 1.51. The van der Waals surface area contributed by atoms with Crippen LogP contribution in [0.2, 0.25) is 0 Å². The van der Waals surface area contributed by atoms with Gasteiger partial charge in [0.2, 0.25) is 0 Å². The lowest BCUT2D eigenvalue weighted by atomic mass is 10.1. The van der Waals surface area contributed by atoms with Gasteiger partial charge in [-0.15, -0.1) is 0 Å². The fourth-order valence-corrected chi connectivity index (χ4v) is 2.13. The number of hydrogen-bond donors (Lipinski definition) is 2. The fraction of sp³-hybridized carbons (Fsp3) is 0.176. The number of nitrogens with one attached hydrogen (secondary N) is 1. The highest BCUT2D eigenvalue weighted by molar-refractivity contribution is 5.39. The second-order valence-corrected chi connectivity index (χ2v) is 5.03. The molecule has 112 valence electrons. The average molecular weight is 294 g/mol. The SMILES string of the molecule is Nc1ccc(Cc2nc(CCOc3ccccc3)n[nH]2)cc1. The number of aromatic nitrogens is 3. The van der Waals surface area contributed by atoms with Crippen LogP contribution in [0, 0.1) is 0 Å². The first kappa shape index (κ1) is 14.1. The standard InChI is InChI=1S/C17H18N4O/c18-14-8-6-13(7-9-14)12-17-19-16(20-21-17)10-11-22-15-4-2-1-3-5-15/h1-9H,10-12,18H2,(H,19,20,21). The van der Waals surface area contributed by atoms with E-state index >= 15 is 0 Å². The van der Waals surface area contributed by atoms with Crippen molar-refractivity contribution < 1.29 is 4.74 Å². The Labute approximate surface area is 129 Å². The summed E-state index contributed by atoms with van der Waals surface area (Å²) in [5, 5.41) is 7.19. The third-order valence-corrected chi connectivity index (χ3v) is 3.27. The summed E-state index contributed by atoms with van der Waals surface area (Å²) in [6.07, 6.45) is 1.39. The van der Waals surface area contributed by atoms with Gasteiger partial charge in [-0.3, -0.25) is 5.10 Å². The van der Waals surface area contributed by atoms with E-state index in [4.69, 9.17) is 10.5 Å². The molecule has 22 heavy (non-hydrogen) atoms. The summed E-state index contributed by atoms with van der Waals surface area (Å²) in [5.41, 5.74) is 7.59. The molecule has 1 aromatic heterocycles. The monoisotopic (exact) mass is 294 g/mol. The molecule has 2 aromatic carbocycles.